The van der Waals surface area contributed by atoms with E-state index >= 15 is 0 Å². The Balaban J connectivity index is 2.23. The molecule has 1 aliphatic carbocycles. The van der Waals surface area contributed by atoms with E-state index in [0.29, 0.717) is 11.3 Å². The summed E-state index contributed by atoms with van der Waals surface area (Å²) in [5, 5.41) is -0.268. The van der Waals surface area contributed by atoms with Crippen LogP contribution in [0.3, 0.4) is 0 Å². The molecule has 0 atom stereocenters. The van der Waals surface area contributed by atoms with E-state index in [1.54, 1.807) is 35.4 Å². The van der Waals surface area contributed by atoms with Gasteiger partial charge in [-0.1, -0.05) is 12.1 Å². The molecule has 0 unspecified atom stereocenters. The van der Waals surface area contributed by atoms with Gasteiger partial charge in [-0.25, -0.2) is 8.42 Å². The molecule has 2 rings (SSSR count). The van der Waals surface area contributed by atoms with Crippen molar-refractivity contribution in [2.24, 2.45) is 0 Å². The summed E-state index contributed by atoms with van der Waals surface area (Å²) in [7, 11) is 1.90. The smallest absolute Gasteiger partial charge is 0.237 e. The molecule has 0 spiro atoms. The van der Waals surface area contributed by atoms with E-state index in [9.17, 15) is 13.2 Å². The normalized spacial score (nSPS) is 15.2. The summed E-state index contributed by atoms with van der Waals surface area (Å²) in [4.78, 5) is 13.8. The predicted octanol–water partition coefficient (Wildman–Crippen LogP) is 1.87. The topological polar surface area (TPSA) is 57.7 Å². The van der Waals surface area contributed by atoms with Gasteiger partial charge in [-0.05, 0) is 25.0 Å². The third-order valence-corrected chi connectivity index (χ3v) is 5.63. The molecule has 1 fully saturated rings. The minimum atomic E-state index is -3.29. The molecule has 0 amide bonds. The maximum absolute atomic E-state index is 12.2. The van der Waals surface area contributed by atoms with Crippen LogP contribution in [0.25, 0.3) is 0 Å². The Bertz CT molecular complexity index is 661. The number of hydrogen-bond acceptors (Lipinski definition) is 4. The zero-order valence-electron chi connectivity index (χ0n) is 12.5. The number of sulfonamides is 1. The van der Waals surface area contributed by atoms with Crippen molar-refractivity contribution < 1.29 is 13.2 Å². The summed E-state index contributed by atoms with van der Waals surface area (Å²) in [6.07, 6.45) is 4.57. The molecule has 114 valence electrons. The van der Waals surface area contributed by atoms with E-state index in [-0.39, 0.29) is 11.0 Å². The number of anilines is 1. The van der Waals surface area contributed by atoms with E-state index in [1.165, 1.54) is 17.4 Å². The Morgan fingerprint density at radius 1 is 1.24 bits per heavy atom. The molecule has 0 radical (unpaired) electrons. The SMILES string of the molecule is CN(C)C=CC(=O)c1cccc(N(C)S(=O)(=O)C2CC2)c1. The lowest BCUT2D eigenvalue weighted by Crippen LogP contribution is -2.29. The van der Waals surface area contributed by atoms with Crippen LogP contribution in [0.15, 0.2) is 36.5 Å². The number of nitrogens with zero attached hydrogens (tertiary/aromatic N) is 2. The fourth-order valence-corrected chi connectivity index (χ4v) is 3.49. The molecular weight excluding hydrogens is 288 g/mol. The highest BCUT2D eigenvalue weighted by Gasteiger charge is 2.38. The Morgan fingerprint density at radius 2 is 1.90 bits per heavy atom. The number of carbonyl (C=O) groups excluding carboxylic acids is 1. The minimum Gasteiger partial charge on any atom is -0.383 e. The van der Waals surface area contributed by atoms with Crippen LogP contribution in [-0.4, -0.2) is 45.5 Å². The monoisotopic (exact) mass is 308 g/mol. The second-order valence-corrected chi connectivity index (χ2v) is 7.65. The largest absolute Gasteiger partial charge is 0.383 e. The lowest BCUT2D eigenvalue weighted by molar-refractivity contribution is 0.104. The molecule has 6 heteroatoms. The maximum atomic E-state index is 12.2. The second-order valence-electron chi connectivity index (χ2n) is 5.41. The molecule has 0 aliphatic heterocycles. The number of allylic oxidation sites excluding steroid dienone is 1. The molecule has 0 bridgehead atoms. The lowest BCUT2D eigenvalue weighted by atomic mass is 10.1. The van der Waals surface area contributed by atoms with Crippen molar-refractivity contribution in [2.75, 3.05) is 25.4 Å². The molecular formula is C15H20N2O3S. The highest BCUT2D eigenvalue weighted by atomic mass is 32.2. The molecule has 21 heavy (non-hydrogen) atoms. The molecule has 1 aromatic rings. The van der Waals surface area contributed by atoms with Crippen LogP contribution in [0.5, 0.6) is 0 Å². The summed E-state index contributed by atoms with van der Waals surface area (Å²) >= 11 is 0. The van der Waals surface area contributed by atoms with Gasteiger partial charge in [0.15, 0.2) is 5.78 Å². The third-order valence-electron chi connectivity index (χ3n) is 3.35. The van der Waals surface area contributed by atoms with Crippen LogP contribution in [0, 0.1) is 0 Å². The molecule has 1 aromatic carbocycles. The van der Waals surface area contributed by atoms with Crippen LogP contribution in [0.2, 0.25) is 0 Å². The third kappa shape index (κ3) is 3.64. The summed E-state index contributed by atoms with van der Waals surface area (Å²) in [5.74, 6) is -0.150. The molecule has 0 heterocycles. The van der Waals surface area contributed by atoms with E-state index in [2.05, 4.69) is 0 Å². The number of hydrogen-bond donors (Lipinski definition) is 0. The zero-order chi connectivity index (χ0) is 15.6. The van der Waals surface area contributed by atoms with Gasteiger partial charge in [0.2, 0.25) is 10.0 Å². The number of benzene rings is 1. The van der Waals surface area contributed by atoms with Crippen LogP contribution >= 0.6 is 0 Å². The predicted molar refractivity (Wildman–Crippen MR) is 83.9 cm³/mol. The summed E-state index contributed by atoms with van der Waals surface area (Å²) in [6, 6.07) is 6.70. The Labute approximate surface area is 125 Å². The first-order valence-corrected chi connectivity index (χ1v) is 8.29. The van der Waals surface area contributed by atoms with Crippen molar-refractivity contribution in [3.63, 3.8) is 0 Å². The molecule has 1 saturated carbocycles. The average Bonchev–Trinajstić information content (AvgIpc) is 3.28. The fraction of sp³-hybridized carbons (Fsp3) is 0.400. The van der Waals surface area contributed by atoms with Gasteiger partial charge in [-0.15, -0.1) is 0 Å². The Kier molecular flexibility index (Phi) is 4.37. The van der Waals surface area contributed by atoms with Gasteiger partial charge in [-0.3, -0.25) is 9.10 Å². The summed E-state index contributed by atoms with van der Waals surface area (Å²) < 4.78 is 25.7. The first-order chi connectivity index (χ1) is 9.82. The van der Waals surface area contributed by atoms with Gasteiger partial charge < -0.3 is 4.90 Å². The van der Waals surface area contributed by atoms with Crippen LogP contribution < -0.4 is 4.31 Å². The van der Waals surface area contributed by atoms with E-state index in [1.807, 2.05) is 14.1 Å². The second kappa shape index (κ2) is 5.89. The standard InChI is InChI=1S/C15H20N2O3S/c1-16(2)10-9-15(18)12-5-4-6-13(11-12)17(3)21(19,20)14-7-8-14/h4-6,9-11,14H,7-8H2,1-3H3. The van der Waals surface area contributed by atoms with Gasteiger partial charge >= 0.3 is 0 Å². The van der Waals surface area contributed by atoms with Gasteiger partial charge in [0.25, 0.3) is 0 Å². The maximum Gasteiger partial charge on any atom is 0.237 e. The summed E-state index contributed by atoms with van der Waals surface area (Å²) in [6.45, 7) is 0. The number of carbonyl (C=O) groups is 1. The number of ketones is 1. The highest BCUT2D eigenvalue weighted by molar-refractivity contribution is 7.93. The fourth-order valence-electron chi connectivity index (χ4n) is 1.90. The minimum absolute atomic E-state index is 0.150. The van der Waals surface area contributed by atoms with E-state index in [4.69, 9.17) is 0 Å². The van der Waals surface area contributed by atoms with Gasteiger partial charge in [0.05, 0.1) is 10.9 Å². The molecule has 0 saturated heterocycles. The van der Waals surface area contributed by atoms with Crippen molar-refractivity contribution in [3.05, 3.63) is 42.1 Å². The van der Waals surface area contributed by atoms with Crippen molar-refractivity contribution in [1.82, 2.24) is 4.90 Å². The van der Waals surface area contributed by atoms with Crippen molar-refractivity contribution in [2.45, 2.75) is 18.1 Å². The van der Waals surface area contributed by atoms with Crippen LogP contribution in [-0.2, 0) is 10.0 Å². The van der Waals surface area contributed by atoms with Crippen LogP contribution in [0.4, 0.5) is 5.69 Å². The summed E-state index contributed by atoms with van der Waals surface area (Å²) in [5.41, 5.74) is 0.995. The first-order valence-electron chi connectivity index (χ1n) is 6.79. The van der Waals surface area contributed by atoms with Gasteiger partial charge in [0, 0.05) is 39.0 Å². The molecule has 1 aliphatic rings. The Morgan fingerprint density at radius 3 is 2.48 bits per heavy atom. The first kappa shape index (κ1) is 15.6. The van der Waals surface area contributed by atoms with Gasteiger partial charge in [0.1, 0.15) is 0 Å². The van der Waals surface area contributed by atoms with Crippen molar-refractivity contribution >= 4 is 21.5 Å². The van der Waals surface area contributed by atoms with E-state index in [0.717, 1.165) is 12.8 Å². The average molecular weight is 308 g/mol. The quantitative estimate of drug-likeness (QED) is 0.595. The molecule has 5 nitrogen and oxygen atoms in total. The molecule has 0 N–H and O–H groups in total. The number of rotatable bonds is 6. The Hall–Kier alpha value is -1.82. The van der Waals surface area contributed by atoms with Crippen LogP contribution in [0.1, 0.15) is 23.2 Å². The highest BCUT2D eigenvalue weighted by Crippen LogP contribution is 2.32. The van der Waals surface area contributed by atoms with Crippen molar-refractivity contribution in [3.8, 4) is 0 Å². The van der Waals surface area contributed by atoms with E-state index < -0.39 is 10.0 Å². The van der Waals surface area contributed by atoms with Gasteiger partial charge in [-0.2, -0.15) is 0 Å². The molecule has 0 aromatic heterocycles. The lowest BCUT2D eigenvalue weighted by Gasteiger charge is -2.19. The van der Waals surface area contributed by atoms with Crippen molar-refractivity contribution in [1.29, 1.82) is 0 Å². The zero-order valence-corrected chi connectivity index (χ0v) is 13.3.